The number of para-hydroxylation sites is 1. The summed E-state index contributed by atoms with van der Waals surface area (Å²) >= 11 is 0. The van der Waals surface area contributed by atoms with Gasteiger partial charge in [-0.1, -0.05) is 18.2 Å². The van der Waals surface area contributed by atoms with Crippen molar-refractivity contribution in [1.82, 2.24) is 9.78 Å². The third-order valence-electron chi connectivity index (χ3n) is 4.05. The van der Waals surface area contributed by atoms with Crippen molar-refractivity contribution in [3.8, 4) is 22.8 Å². The van der Waals surface area contributed by atoms with E-state index in [0.717, 1.165) is 5.56 Å². The lowest BCUT2D eigenvalue weighted by Crippen LogP contribution is -2.18. The van der Waals surface area contributed by atoms with E-state index in [0.29, 0.717) is 28.4 Å². The summed E-state index contributed by atoms with van der Waals surface area (Å²) in [5, 5.41) is 7.04. The van der Waals surface area contributed by atoms with Crippen LogP contribution in [0.5, 0.6) is 11.5 Å². The summed E-state index contributed by atoms with van der Waals surface area (Å²) in [6.07, 6.45) is 0. The van der Waals surface area contributed by atoms with Crippen molar-refractivity contribution in [3.05, 3.63) is 70.5 Å². The van der Waals surface area contributed by atoms with E-state index in [1.807, 2.05) is 12.1 Å². The zero-order valence-corrected chi connectivity index (χ0v) is 15.2. The molecule has 3 aromatic rings. The molecule has 0 fully saturated rings. The number of nitrogens with one attached hydrogen (secondary N) is 1. The van der Waals surface area contributed by atoms with Crippen molar-refractivity contribution in [1.29, 1.82) is 0 Å². The SMILES string of the molecule is COc1cccc(C(=O)Nc2ccc(-c3ccc(=O)n(C)n3)cc2)c1OC. The third-order valence-corrected chi connectivity index (χ3v) is 4.05. The van der Waals surface area contributed by atoms with Crippen molar-refractivity contribution in [2.45, 2.75) is 0 Å². The van der Waals surface area contributed by atoms with Crippen molar-refractivity contribution in [2.75, 3.05) is 19.5 Å². The Bertz CT molecular complexity index is 1030. The van der Waals surface area contributed by atoms with E-state index >= 15 is 0 Å². The molecular formula is C20H19N3O4. The molecule has 0 saturated carbocycles. The molecule has 3 rings (SSSR count). The molecule has 1 amide bonds. The number of benzene rings is 2. The highest BCUT2D eigenvalue weighted by Crippen LogP contribution is 2.31. The van der Waals surface area contributed by atoms with Gasteiger partial charge in [-0.05, 0) is 30.3 Å². The van der Waals surface area contributed by atoms with Crippen LogP contribution in [0.15, 0.2) is 59.4 Å². The van der Waals surface area contributed by atoms with Crippen LogP contribution in [0.3, 0.4) is 0 Å². The molecule has 7 nitrogen and oxygen atoms in total. The van der Waals surface area contributed by atoms with Gasteiger partial charge in [0.1, 0.15) is 0 Å². The summed E-state index contributed by atoms with van der Waals surface area (Å²) in [7, 11) is 4.61. The van der Waals surface area contributed by atoms with Crippen LogP contribution in [0.4, 0.5) is 5.69 Å². The Hall–Kier alpha value is -3.61. The average Bonchev–Trinajstić information content (AvgIpc) is 2.69. The average molecular weight is 365 g/mol. The summed E-state index contributed by atoms with van der Waals surface area (Å²) in [5.74, 6) is 0.559. The lowest BCUT2D eigenvalue weighted by atomic mass is 10.1. The molecule has 1 aromatic heterocycles. The Labute approximate surface area is 156 Å². The van der Waals surface area contributed by atoms with Crippen LogP contribution in [-0.2, 0) is 7.05 Å². The number of hydrogen-bond acceptors (Lipinski definition) is 5. The van der Waals surface area contributed by atoms with Crippen molar-refractivity contribution in [2.24, 2.45) is 7.05 Å². The molecule has 27 heavy (non-hydrogen) atoms. The fourth-order valence-corrected chi connectivity index (χ4v) is 2.64. The van der Waals surface area contributed by atoms with Crippen LogP contribution < -0.4 is 20.3 Å². The normalized spacial score (nSPS) is 10.3. The molecule has 0 saturated heterocycles. The van der Waals surface area contributed by atoms with Gasteiger partial charge in [-0.25, -0.2) is 4.68 Å². The van der Waals surface area contributed by atoms with Gasteiger partial charge in [-0.15, -0.1) is 0 Å². The molecular weight excluding hydrogens is 346 g/mol. The fourth-order valence-electron chi connectivity index (χ4n) is 2.64. The first-order valence-corrected chi connectivity index (χ1v) is 8.20. The topological polar surface area (TPSA) is 82.5 Å². The molecule has 0 spiro atoms. The number of anilines is 1. The molecule has 7 heteroatoms. The van der Waals surface area contributed by atoms with Crippen LogP contribution in [0.1, 0.15) is 10.4 Å². The quantitative estimate of drug-likeness (QED) is 0.752. The third kappa shape index (κ3) is 3.82. The monoisotopic (exact) mass is 365 g/mol. The van der Waals surface area contributed by atoms with Crippen LogP contribution in [0, 0.1) is 0 Å². The Balaban J connectivity index is 1.81. The molecule has 0 aliphatic heterocycles. The number of amides is 1. The number of aromatic nitrogens is 2. The van der Waals surface area contributed by atoms with Gasteiger partial charge in [0.15, 0.2) is 11.5 Å². The minimum Gasteiger partial charge on any atom is -0.493 e. The number of carbonyl (C=O) groups excluding carboxylic acids is 1. The first-order chi connectivity index (χ1) is 13.0. The molecule has 0 unspecified atom stereocenters. The van der Waals surface area contributed by atoms with Crippen LogP contribution in [-0.4, -0.2) is 29.9 Å². The van der Waals surface area contributed by atoms with Crippen LogP contribution in [0.2, 0.25) is 0 Å². The zero-order valence-electron chi connectivity index (χ0n) is 15.2. The van der Waals surface area contributed by atoms with Gasteiger partial charge in [0, 0.05) is 24.4 Å². The molecule has 0 aliphatic rings. The second kappa shape index (κ2) is 7.74. The number of methoxy groups -OCH3 is 2. The van der Waals surface area contributed by atoms with Crippen molar-refractivity contribution in [3.63, 3.8) is 0 Å². The van der Waals surface area contributed by atoms with E-state index in [-0.39, 0.29) is 11.5 Å². The highest BCUT2D eigenvalue weighted by atomic mass is 16.5. The Morgan fingerprint density at radius 2 is 1.74 bits per heavy atom. The summed E-state index contributed by atoms with van der Waals surface area (Å²) in [5.41, 5.74) is 2.33. The van der Waals surface area contributed by atoms with Crippen molar-refractivity contribution < 1.29 is 14.3 Å². The summed E-state index contributed by atoms with van der Waals surface area (Å²) < 4.78 is 11.8. The van der Waals surface area contributed by atoms with E-state index < -0.39 is 0 Å². The smallest absolute Gasteiger partial charge is 0.266 e. The summed E-state index contributed by atoms with van der Waals surface area (Å²) in [4.78, 5) is 24.0. The first kappa shape index (κ1) is 18.2. The minimum absolute atomic E-state index is 0.171. The van der Waals surface area contributed by atoms with Gasteiger partial charge < -0.3 is 14.8 Å². The number of carbonyl (C=O) groups is 1. The number of nitrogens with zero attached hydrogens (tertiary/aromatic N) is 2. The Morgan fingerprint density at radius 1 is 1.00 bits per heavy atom. The number of ether oxygens (including phenoxy) is 2. The summed E-state index contributed by atoms with van der Waals surface area (Å²) in [6.45, 7) is 0. The van der Waals surface area contributed by atoms with E-state index in [9.17, 15) is 9.59 Å². The van der Waals surface area contributed by atoms with Gasteiger partial charge >= 0.3 is 0 Å². The van der Waals surface area contributed by atoms with Gasteiger partial charge in [0.05, 0.1) is 25.5 Å². The lowest BCUT2D eigenvalue weighted by Gasteiger charge is -2.12. The van der Waals surface area contributed by atoms with Gasteiger partial charge in [0.25, 0.3) is 11.5 Å². The first-order valence-electron chi connectivity index (χ1n) is 8.20. The molecule has 0 aliphatic carbocycles. The summed E-state index contributed by atoms with van der Waals surface area (Å²) in [6, 6.07) is 15.4. The highest BCUT2D eigenvalue weighted by molar-refractivity contribution is 6.06. The maximum atomic E-state index is 12.6. The maximum absolute atomic E-state index is 12.6. The predicted octanol–water partition coefficient (Wildman–Crippen LogP) is 2.72. The molecule has 0 bridgehead atoms. The van der Waals surface area contributed by atoms with E-state index in [1.54, 1.807) is 43.4 Å². The number of aryl methyl sites for hydroxylation is 1. The number of hydrogen-bond donors (Lipinski definition) is 1. The second-order valence-electron chi connectivity index (χ2n) is 5.75. The largest absolute Gasteiger partial charge is 0.493 e. The Kier molecular flexibility index (Phi) is 5.21. The highest BCUT2D eigenvalue weighted by Gasteiger charge is 2.16. The van der Waals surface area contributed by atoms with Gasteiger partial charge in [0.2, 0.25) is 0 Å². The molecule has 0 atom stereocenters. The van der Waals surface area contributed by atoms with E-state index in [1.165, 1.54) is 25.0 Å². The van der Waals surface area contributed by atoms with Crippen LogP contribution >= 0.6 is 0 Å². The van der Waals surface area contributed by atoms with Gasteiger partial charge in [-0.2, -0.15) is 5.10 Å². The lowest BCUT2D eigenvalue weighted by molar-refractivity contribution is 0.102. The van der Waals surface area contributed by atoms with Crippen LogP contribution in [0.25, 0.3) is 11.3 Å². The molecule has 1 N–H and O–H groups in total. The fraction of sp³-hybridized carbons (Fsp3) is 0.150. The van der Waals surface area contributed by atoms with E-state index in [4.69, 9.17) is 9.47 Å². The van der Waals surface area contributed by atoms with Crippen molar-refractivity contribution >= 4 is 11.6 Å². The molecule has 138 valence electrons. The minimum atomic E-state index is -0.307. The predicted molar refractivity (Wildman–Crippen MR) is 102 cm³/mol. The molecule has 0 radical (unpaired) electrons. The standard InChI is InChI=1S/C20H19N3O4/c1-23-18(24)12-11-16(22-23)13-7-9-14(10-8-13)21-20(25)15-5-4-6-17(26-2)19(15)27-3/h4-12H,1-3H3,(H,21,25). The Morgan fingerprint density at radius 3 is 2.37 bits per heavy atom. The molecule has 2 aromatic carbocycles. The zero-order chi connectivity index (χ0) is 19.4. The second-order valence-corrected chi connectivity index (χ2v) is 5.75. The maximum Gasteiger partial charge on any atom is 0.266 e. The van der Waals surface area contributed by atoms with Gasteiger partial charge in [-0.3, -0.25) is 9.59 Å². The van der Waals surface area contributed by atoms with E-state index in [2.05, 4.69) is 10.4 Å². The molecule has 1 heterocycles. The number of rotatable bonds is 5.